The average molecular weight is 184 g/mol. The standard InChI is InChI=1S/C8H16N4O/c1-6(13)8(2,5-9)7-4-10-11-12(7)3/h4,6,13H,5,9H2,1-3H3. The van der Waals surface area contributed by atoms with Crippen molar-refractivity contribution >= 4 is 0 Å². The maximum Gasteiger partial charge on any atom is 0.0732 e. The van der Waals surface area contributed by atoms with Crippen LogP contribution in [0.5, 0.6) is 0 Å². The first kappa shape index (κ1) is 10.1. The minimum absolute atomic E-state index is 0.367. The number of rotatable bonds is 3. The summed E-state index contributed by atoms with van der Waals surface area (Å²) in [5.74, 6) is 0. The van der Waals surface area contributed by atoms with Crippen molar-refractivity contribution < 1.29 is 5.11 Å². The van der Waals surface area contributed by atoms with E-state index in [2.05, 4.69) is 10.3 Å². The largest absolute Gasteiger partial charge is 0.392 e. The topological polar surface area (TPSA) is 77.0 Å². The Labute approximate surface area is 77.6 Å². The van der Waals surface area contributed by atoms with Gasteiger partial charge in [0.1, 0.15) is 0 Å². The van der Waals surface area contributed by atoms with E-state index in [9.17, 15) is 5.11 Å². The van der Waals surface area contributed by atoms with Crippen LogP contribution in [0.25, 0.3) is 0 Å². The summed E-state index contributed by atoms with van der Waals surface area (Å²) in [5, 5.41) is 17.2. The second-order valence-corrected chi connectivity index (χ2v) is 3.54. The molecule has 74 valence electrons. The molecule has 0 saturated carbocycles. The number of hydrogen-bond acceptors (Lipinski definition) is 4. The fourth-order valence-electron chi connectivity index (χ4n) is 1.30. The van der Waals surface area contributed by atoms with Gasteiger partial charge in [-0.25, -0.2) is 0 Å². The van der Waals surface area contributed by atoms with Gasteiger partial charge >= 0.3 is 0 Å². The Balaban J connectivity index is 3.10. The number of aliphatic hydroxyl groups is 1. The van der Waals surface area contributed by atoms with Crippen molar-refractivity contribution in [2.45, 2.75) is 25.4 Å². The Bertz CT molecular complexity index is 283. The summed E-state index contributed by atoms with van der Waals surface area (Å²) in [4.78, 5) is 0. The lowest BCUT2D eigenvalue weighted by Crippen LogP contribution is -2.43. The minimum Gasteiger partial charge on any atom is -0.392 e. The molecule has 0 fully saturated rings. The number of nitrogens with two attached hydrogens (primary N) is 1. The summed E-state index contributed by atoms with van der Waals surface area (Å²) >= 11 is 0. The summed E-state index contributed by atoms with van der Waals surface area (Å²) in [6, 6.07) is 0. The van der Waals surface area contributed by atoms with Gasteiger partial charge in [-0.3, -0.25) is 4.68 Å². The molecule has 5 nitrogen and oxygen atoms in total. The Hall–Kier alpha value is -0.940. The highest BCUT2D eigenvalue weighted by Crippen LogP contribution is 2.24. The van der Waals surface area contributed by atoms with Gasteiger partial charge in [0.05, 0.1) is 18.0 Å². The van der Waals surface area contributed by atoms with Crippen molar-refractivity contribution in [2.24, 2.45) is 12.8 Å². The molecule has 1 rings (SSSR count). The molecule has 0 saturated heterocycles. The highest BCUT2D eigenvalue weighted by atomic mass is 16.3. The molecular formula is C8H16N4O. The number of aryl methyl sites for hydroxylation is 1. The lowest BCUT2D eigenvalue weighted by molar-refractivity contribution is 0.106. The third-order valence-electron chi connectivity index (χ3n) is 2.65. The Morgan fingerprint density at radius 1 is 1.77 bits per heavy atom. The van der Waals surface area contributed by atoms with Crippen LogP contribution in [0.15, 0.2) is 6.20 Å². The van der Waals surface area contributed by atoms with E-state index in [1.54, 1.807) is 24.9 Å². The number of hydrogen-bond donors (Lipinski definition) is 2. The quantitative estimate of drug-likeness (QED) is 0.658. The molecule has 3 N–H and O–H groups in total. The molecule has 2 atom stereocenters. The first-order valence-electron chi connectivity index (χ1n) is 4.25. The van der Waals surface area contributed by atoms with Crippen molar-refractivity contribution in [3.8, 4) is 0 Å². The predicted octanol–water partition coefficient (Wildman–Crippen LogP) is -0.588. The predicted molar refractivity (Wildman–Crippen MR) is 49.1 cm³/mol. The number of nitrogens with zero attached hydrogens (tertiary/aromatic N) is 3. The van der Waals surface area contributed by atoms with Gasteiger partial charge in [0.15, 0.2) is 0 Å². The van der Waals surface area contributed by atoms with E-state index in [0.29, 0.717) is 6.54 Å². The van der Waals surface area contributed by atoms with Crippen LogP contribution in [0.3, 0.4) is 0 Å². The first-order chi connectivity index (χ1) is 6.02. The molecule has 13 heavy (non-hydrogen) atoms. The number of aliphatic hydroxyl groups excluding tert-OH is 1. The van der Waals surface area contributed by atoms with Crippen LogP contribution in [0.4, 0.5) is 0 Å². The van der Waals surface area contributed by atoms with Crippen molar-refractivity contribution in [3.63, 3.8) is 0 Å². The van der Waals surface area contributed by atoms with Gasteiger partial charge in [0.2, 0.25) is 0 Å². The molecule has 0 aromatic carbocycles. The van der Waals surface area contributed by atoms with E-state index in [0.717, 1.165) is 5.69 Å². The zero-order valence-electron chi connectivity index (χ0n) is 8.23. The maximum absolute atomic E-state index is 9.62. The van der Waals surface area contributed by atoms with E-state index in [-0.39, 0.29) is 0 Å². The normalized spacial score (nSPS) is 18.2. The van der Waals surface area contributed by atoms with Crippen LogP contribution in [0.2, 0.25) is 0 Å². The van der Waals surface area contributed by atoms with Crippen LogP contribution < -0.4 is 5.73 Å². The molecule has 0 aliphatic rings. The van der Waals surface area contributed by atoms with Crippen molar-refractivity contribution in [1.29, 1.82) is 0 Å². The van der Waals surface area contributed by atoms with E-state index in [1.165, 1.54) is 0 Å². The summed E-state index contributed by atoms with van der Waals surface area (Å²) in [5.41, 5.74) is 6.02. The van der Waals surface area contributed by atoms with Gasteiger partial charge in [-0.2, -0.15) is 0 Å². The Morgan fingerprint density at radius 3 is 2.69 bits per heavy atom. The monoisotopic (exact) mass is 184 g/mol. The molecule has 0 aliphatic carbocycles. The molecule has 5 heteroatoms. The van der Waals surface area contributed by atoms with Crippen molar-refractivity contribution in [3.05, 3.63) is 11.9 Å². The highest BCUT2D eigenvalue weighted by molar-refractivity contribution is 5.14. The second-order valence-electron chi connectivity index (χ2n) is 3.54. The van der Waals surface area contributed by atoms with Crippen LogP contribution in [-0.2, 0) is 12.5 Å². The molecule has 0 radical (unpaired) electrons. The molecule has 1 aromatic heterocycles. The van der Waals surface area contributed by atoms with Crippen LogP contribution in [0.1, 0.15) is 19.5 Å². The highest BCUT2D eigenvalue weighted by Gasteiger charge is 2.33. The van der Waals surface area contributed by atoms with Gasteiger partial charge in [-0.1, -0.05) is 12.1 Å². The van der Waals surface area contributed by atoms with Gasteiger partial charge < -0.3 is 10.8 Å². The number of aromatic nitrogens is 3. The fraction of sp³-hybridized carbons (Fsp3) is 0.750. The molecule has 0 aliphatic heterocycles. The molecule has 0 bridgehead atoms. The van der Waals surface area contributed by atoms with Gasteiger partial charge in [-0.05, 0) is 6.92 Å². The molecule has 0 amide bonds. The Kier molecular flexibility index (Phi) is 2.68. The van der Waals surface area contributed by atoms with E-state index in [1.807, 2.05) is 6.92 Å². The van der Waals surface area contributed by atoms with E-state index < -0.39 is 11.5 Å². The molecule has 0 spiro atoms. The van der Waals surface area contributed by atoms with Crippen LogP contribution in [0, 0.1) is 0 Å². The molecular weight excluding hydrogens is 168 g/mol. The first-order valence-corrected chi connectivity index (χ1v) is 4.25. The lowest BCUT2D eigenvalue weighted by atomic mass is 9.82. The summed E-state index contributed by atoms with van der Waals surface area (Å²) < 4.78 is 1.64. The smallest absolute Gasteiger partial charge is 0.0732 e. The third kappa shape index (κ3) is 1.57. The summed E-state index contributed by atoms with van der Waals surface area (Å²) in [7, 11) is 1.79. The molecule has 1 aromatic rings. The van der Waals surface area contributed by atoms with Crippen molar-refractivity contribution in [1.82, 2.24) is 15.0 Å². The molecule has 2 unspecified atom stereocenters. The van der Waals surface area contributed by atoms with Crippen LogP contribution >= 0.6 is 0 Å². The summed E-state index contributed by atoms with van der Waals surface area (Å²) in [6.45, 7) is 3.99. The van der Waals surface area contributed by atoms with Gasteiger partial charge in [0, 0.05) is 19.0 Å². The maximum atomic E-state index is 9.62. The van der Waals surface area contributed by atoms with Gasteiger partial charge in [-0.15, -0.1) is 5.10 Å². The minimum atomic E-state index is -0.519. The van der Waals surface area contributed by atoms with Crippen molar-refractivity contribution in [2.75, 3.05) is 6.54 Å². The average Bonchev–Trinajstić information content (AvgIpc) is 2.50. The lowest BCUT2D eigenvalue weighted by Gasteiger charge is -2.30. The third-order valence-corrected chi connectivity index (χ3v) is 2.65. The zero-order chi connectivity index (χ0) is 10.1. The van der Waals surface area contributed by atoms with Gasteiger partial charge in [0.25, 0.3) is 0 Å². The fourth-order valence-corrected chi connectivity index (χ4v) is 1.30. The van der Waals surface area contributed by atoms with E-state index in [4.69, 9.17) is 5.73 Å². The Morgan fingerprint density at radius 2 is 2.38 bits per heavy atom. The zero-order valence-corrected chi connectivity index (χ0v) is 8.23. The molecule has 1 heterocycles. The second kappa shape index (κ2) is 3.43. The SMILES string of the molecule is CC(O)C(C)(CN)c1cnnn1C. The van der Waals surface area contributed by atoms with Crippen LogP contribution in [-0.4, -0.2) is 32.7 Å². The van der Waals surface area contributed by atoms with E-state index >= 15 is 0 Å². The summed E-state index contributed by atoms with van der Waals surface area (Å²) in [6.07, 6.45) is 1.12.